The highest BCUT2D eigenvalue weighted by Crippen LogP contribution is 2.44. The van der Waals surface area contributed by atoms with E-state index in [1.165, 1.54) is 23.3 Å². The molecule has 1 N–H and O–H groups in total. The second kappa shape index (κ2) is 10.2. The molecule has 0 saturated heterocycles. The Morgan fingerprint density at radius 3 is 2.48 bits per heavy atom. The molecular weight excluding hydrogens is 390 g/mol. The number of amides is 1. The lowest BCUT2D eigenvalue weighted by Crippen LogP contribution is -2.26. The number of unbranched alkanes of at least 4 members (excludes halogenated alkanes) is 1. The van der Waals surface area contributed by atoms with Crippen molar-refractivity contribution in [3.8, 4) is 0 Å². The number of rotatable bonds is 8. The molecule has 7 heteroatoms. The number of thiophene rings is 1. The lowest BCUT2D eigenvalue weighted by molar-refractivity contribution is -0.140. The van der Waals surface area contributed by atoms with Gasteiger partial charge in [-0.3, -0.25) is 9.59 Å². The molecule has 1 heterocycles. The summed E-state index contributed by atoms with van der Waals surface area (Å²) >= 11 is 1.51. The van der Waals surface area contributed by atoms with Crippen LogP contribution in [0.4, 0.5) is 5.00 Å². The molecule has 0 saturated carbocycles. The van der Waals surface area contributed by atoms with Gasteiger partial charge < -0.3 is 14.8 Å². The van der Waals surface area contributed by atoms with Crippen LogP contribution in [0.3, 0.4) is 0 Å². The first-order valence-corrected chi connectivity index (χ1v) is 11.2. The topological polar surface area (TPSA) is 81.7 Å². The fourth-order valence-corrected chi connectivity index (χ4v) is 5.01. The Balaban J connectivity index is 2.12. The van der Waals surface area contributed by atoms with Gasteiger partial charge in [0, 0.05) is 17.7 Å². The van der Waals surface area contributed by atoms with Gasteiger partial charge in [0.2, 0.25) is 5.91 Å². The summed E-state index contributed by atoms with van der Waals surface area (Å²) in [6.07, 6.45) is 4.57. The highest BCUT2D eigenvalue weighted by atomic mass is 32.1. The second-order valence-corrected chi connectivity index (χ2v) is 9.67. The Kier molecular flexibility index (Phi) is 8.25. The normalized spacial score (nSPS) is 16.1. The Hall–Kier alpha value is -1.89. The molecule has 2 rings (SSSR count). The quantitative estimate of drug-likeness (QED) is 0.482. The summed E-state index contributed by atoms with van der Waals surface area (Å²) in [5.41, 5.74) is 1.77. The maximum Gasteiger partial charge on any atom is 0.341 e. The molecule has 162 valence electrons. The number of nitrogens with one attached hydrogen (secondary N) is 1. The first-order chi connectivity index (χ1) is 13.7. The predicted octanol–water partition coefficient (Wildman–Crippen LogP) is 4.75. The summed E-state index contributed by atoms with van der Waals surface area (Å²) in [5.74, 6) is -0.230. The maximum atomic E-state index is 12.6. The van der Waals surface area contributed by atoms with Crippen molar-refractivity contribution in [3.63, 3.8) is 0 Å². The summed E-state index contributed by atoms with van der Waals surface area (Å²) in [7, 11) is 1.36. The molecule has 0 aliphatic heterocycles. The predicted molar refractivity (Wildman–Crippen MR) is 114 cm³/mol. The number of hydrogen-bond donors (Lipinski definition) is 1. The monoisotopic (exact) mass is 423 g/mol. The minimum absolute atomic E-state index is 0.147. The molecule has 1 aromatic rings. The van der Waals surface area contributed by atoms with Crippen LogP contribution in [0.15, 0.2) is 0 Å². The average molecular weight is 424 g/mol. The standard InChI is InChI=1S/C22H33NO5S/c1-6-28-21(26)19-15-12-11-14(22(2,3)4)13-16(15)29-20(19)23-17(24)9-7-8-10-18(25)27-5/h14H,6-13H2,1-5H3,(H,23,24). The number of ether oxygens (including phenoxy) is 2. The van der Waals surface area contributed by atoms with Crippen LogP contribution in [0.2, 0.25) is 0 Å². The zero-order chi connectivity index (χ0) is 21.6. The Morgan fingerprint density at radius 1 is 1.17 bits per heavy atom. The van der Waals surface area contributed by atoms with Gasteiger partial charge in [0.05, 0.1) is 19.3 Å². The van der Waals surface area contributed by atoms with Gasteiger partial charge in [-0.1, -0.05) is 20.8 Å². The fourth-order valence-electron chi connectivity index (χ4n) is 3.68. The number of carbonyl (C=O) groups excluding carboxylic acids is 3. The van der Waals surface area contributed by atoms with Crippen molar-refractivity contribution in [2.45, 2.75) is 72.6 Å². The van der Waals surface area contributed by atoms with Crippen LogP contribution in [-0.2, 0) is 31.9 Å². The zero-order valence-corrected chi connectivity index (χ0v) is 19.0. The third-order valence-corrected chi connectivity index (χ3v) is 6.65. The summed E-state index contributed by atoms with van der Waals surface area (Å²) in [5, 5.41) is 3.52. The number of carbonyl (C=O) groups is 3. The maximum absolute atomic E-state index is 12.6. The molecule has 0 aromatic carbocycles. The third kappa shape index (κ3) is 6.29. The van der Waals surface area contributed by atoms with Crippen LogP contribution in [-0.4, -0.2) is 31.6 Å². The van der Waals surface area contributed by atoms with Crippen LogP contribution in [0.5, 0.6) is 0 Å². The lowest BCUT2D eigenvalue weighted by atomic mass is 9.72. The fraction of sp³-hybridized carbons (Fsp3) is 0.682. The van der Waals surface area contributed by atoms with Crippen molar-refractivity contribution >= 4 is 34.2 Å². The van der Waals surface area contributed by atoms with Gasteiger partial charge in [0.15, 0.2) is 0 Å². The first-order valence-electron chi connectivity index (χ1n) is 10.4. The smallest absolute Gasteiger partial charge is 0.341 e. The van der Waals surface area contributed by atoms with E-state index in [1.54, 1.807) is 6.92 Å². The number of fused-ring (bicyclic) bond motifs is 1. The van der Waals surface area contributed by atoms with E-state index in [0.29, 0.717) is 48.8 Å². The summed E-state index contributed by atoms with van der Waals surface area (Å²) in [6, 6.07) is 0. The van der Waals surface area contributed by atoms with E-state index >= 15 is 0 Å². The van der Waals surface area contributed by atoms with E-state index in [9.17, 15) is 14.4 Å². The highest BCUT2D eigenvalue weighted by molar-refractivity contribution is 7.17. The van der Waals surface area contributed by atoms with Crippen molar-refractivity contribution in [2.24, 2.45) is 11.3 Å². The van der Waals surface area contributed by atoms with E-state index in [0.717, 1.165) is 24.8 Å². The first kappa shape index (κ1) is 23.4. The van der Waals surface area contributed by atoms with E-state index in [1.807, 2.05) is 0 Å². The SMILES string of the molecule is CCOC(=O)c1c(NC(=O)CCCCC(=O)OC)sc2c1CCC(C(C)(C)C)C2. The number of esters is 2. The van der Waals surface area contributed by atoms with Crippen LogP contribution < -0.4 is 5.32 Å². The molecule has 1 aliphatic rings. The molecule has 29 heavy (non-hydrogen) atoms. The van der Waals surface area contributed by atoms with Crippen molar-refractivity contribution in [2.75, 3.05) is 19.0 Å². The Labute approximate surface area is 177 Å². The van der Waals surface area contributed by atoms with E-state index in [2.05, 4.69) is 30.8 Å². The third-order valence-electron chi connectivity index (χ3n) is 5.48. The minimum Gasteiger partial charge on any atom is -0.469 e. The van der Waals surface area contributed by atoms with E-state index in [-0.39, 0.29) is 23.3 Å². The molecule has 0 radical (unpaired) electrons. The Bertz CT molecular complexity index is 747. The van der Waals surface area contributed by atoms with Gasteiger partial charge in [0.1, 0.15) is 5.00 Å². The van der Waals surface area contributed by atoms with Gasteiger partial charge in [-0.15, -0.1) is 11.3 Å². The van der Waals surface area contributed by atoms with Crippen LogP contribution in [0.1, 0.15) is 80.6 Å². The van der Waals surface area contributed by atoms with Gasteiger partial charge in [-0.05, 0) is 55.9 Å². The van der Waals surface area contributed by atoms with Gasteiger partial charge in [-0.2, -0.15) is 0 Å². The molecule has 1 atom stereocenters. The molecule has 0 bridgehead atoms. The molecule has 6 nitrogen and oxygen atoms in total. The molecule has 0 spiro atoms. The summed E-state index contributed by atoms with van der Waals surface area (Å²) in [6.45, 7) is 8.83. The van der Waals surface area contributed by atoms with Crippen molar-refractivity contribution in [1.82, 2.24) is 0 Å². The van der Waals surface area contributed by atoms with E-state index < -0.39 is 0 Å². The van der Waals surface area contributed by atoms with Crippen molar-refractivity contribution in [3.05, 3.63) is 16.0 Å². The van der Waals surface area contributed by atoms with Gasteiger partial charge in [-0.25, -0.2) is 4.79 Å². The van der Waals surface area contributed by atoms with Gasteiger partial charge in [0.25, 0.3) is 0 Å². The lowest BCUT2D eigenvalue weighted by Gasteiger charge is -2.33. The zero-order valence-electron chi connectivity index (χ0n) is 18.2. The second-order valence-electron chi connectivity index (χ2n) is 8.57. The minimum atomic E-state index is -0.361. The number of anilines is 1. The van der Waals surface area contributed by atoms with E-state index in [4.69, 9.17) is 4.74 Å². The molecule has 1 unspecified atom stereocenters. The Morgan fingerprint density at radius 2 is 1.86 bits per heavy atom. The number of methoxy groups -OCH3 is 1. The molecule has 1 aliphatic carbocycles. The molecular formula is C22H33NO5S. The molecule has 0 fully saturated rings. The largest absolute Gasteiger partial charge is 0.469 e. The van der Waals surface area contributed by atoms with Gasteiger partial charge >= 0.3 is 11.9 Å². The van der Waals surface area contributed by atoms with Crippen molar-refractivity contribution in [1.29, 1.82) is 0 Å². The summed E-state index contributed by atoms with van der Waals surface area (Å²) in [4.78, 5) is 37.4. The van der Waals surface area contributed by atoms with Crippen LogP contribution in [0.25, 0.3) is 0 Å². The summed E-state index contributed by atoms with van der Waals surface area (Å²) < 4.78 is 9.88. The molecule has 1 aromatic heterocycles. The highest BCUT2D eigenvalue weighted by Gasteiger charge is 2.34. The van der Waals surface area contributed by atoms with Crippen LogP contribution >= 0.6 is 11.3 Å². The van der Waals surface area contributed by atoms with Crippen LogP contribution in [0, 0.1) is 11.3 Å². The molecule has 1 amide bonds. The average Bonchev–Trinajstić information content (AvgIpc) is 3.01. The van der Waals surface area contributed by atoms with Crippen molar-refractivity contribution < 1.29 is 23.9 Å². The number of hydrogen-bond acceptors (Lipinski definition) is 6.